The first-order valence-corrected chi connectivity index (χ1v) is 8.85. The van der Waals surface area contributed by atoms with Crippen LogP contribution in [0, 0.1) is 0 Å². The van der Waals surface area contributed by atoms with Gasteiger partial charge in [0.2, 0.25) is 0 Å². The number of amides is 1. The van der Waals surface area contributed by atoms with Crippen LogP contribution in [0.15, 0.2) is 42.7 Å². The Kier molecular flexibility index (Phi) is 6.59. The number of carbonyl (C=O) groups is 1. The molecule has 1 unspecified atom stereocenters. The first-order valence-electron chi connectivity index (χ1n) is 8.85. The van der Waals surface area contributed by atoms with Crippen molar-refractivity contribution in [3.05, 3.63) is 53.9 Å². The average molecular weight is 343 g/mol. The number of rotatable bonds is 9. The van der Waals surface area contributed by atoms with Crippen LogP contribution in [0.25, 0.3) is 0 Å². The van der Waals surface area contributed by atoms with Crippen LogP contribution in [0.5, 0.6) is 0 Å². The van der Waals surface area contributed by atoms with Crippen LogP contribution in [0.3, 0.4) is 0 Å². The highest BCUT2D eigenvalue weighted by Crippen LogP contribution is 2.11. The SMILES string of the molecule is O=C(NCCCOCC1CCCO1)c1ccc(Cn2cccn2)cc1. The molecule has 0 aliphatic carbocycles. The fraction of sp³-hybridized carbons (Fsp3) is 0.474. The van der Waals surface area contributed by atoms with Gasteiger partial charge in [-0.25, -0.2) is 0 Å². The summed E-state index contributed by atoms with van der Waals surface area (Å²) < 4.78 is 12.9. The van der Waals surface area contributed by atoms with E-state index in [1.165, 1.54) is 0 Å². The smallest absolute Gasteiger partial charge is 0.251 e. The minimum Gasteiger partial charge on any atom is -0.379 e. The minimum absolute atomic E-state index is 0.0511. The van der Waals surface area contributed by atoms with Crippen molar-refractivity contribution in [2.24, 2.45) is 0 Å². The number of aromatic nitrogens is 2. The van der Waals surface area contributed by atoms with E-state index < -0.39 is 0 Å². The van der Waals surface area contributed by atoms with Gasteiger partial charge in [0, 0.05) is 37.7 Å². The van der Waals surface area contributed by atoms with Gasteiger partial charge in [-0.3, -0.25) is 9.48 Å². The van der Waals surface area contributed by atoms with Gasteiger partial charge in [-0.1, -0.05) is 12.1 Å². The summed E-state index contributed by atoms with van der Waals surface area (Å²) >= 11 is 0. The van der Waals surface area contributed by atoms with E-state index in [2.05, 4.69) is 10.4 Å². The van der Waals surface area contributed by atoms with Gasteiger partial charge in [-0.2, -0.15) is 5.10 Å². The zero-order valence-electron chi connectivity index (χ0n) is 14.4. The molecule has 3 rings (SSSR count). The molecule has 1 amide bonds. The van der Waals surface area contributed by atoms with Crippen LogP contribution >= 0.6 is 0 Å². The highest BCUT2D eigenvalue weighted by molar-refractivity contribution is 5.94. The first kappa shape index (κ1) is 17.6. The Morgan fingerprint density at radius 2 is 2.24 bits per heavy atom. The Balaban J connectivity index is 1.32. The topological polar surface area (TPSA) is 65.4 Å². The molecule has 1 atom stereocenters. The molecule has 0 radical (unpaired) electrons. The Morgan fingerprint density at radius 1 is 1.36 bits per heavy atom. The van der Waals surface area contributed by atoms with Crippen molar-refractivity contribution < 1.29 is 14.3 Å². The normalized spacial score (nSPS) is 16.9. The largest absolute Gasteiger partial charge is 0.379 e. The van der Waals surface area contributed by atoms with Crippen molar-refractivity contribution in [3.63, 3.8) is 0 Å². The summed E-state index contributed by atoms with van der Waals surface area (Å²) in [5.74, 6) is -0.0511. The number of hydrogen-bond acceptors (Lipinski definition) is 4. The predicted octanol–water partition coefficient (Wildman–Crippen LogP) is 2.25. The number of benzene rings is 1. The summed E-state index contributed by atoms with van der Waals surface area (Å²) in [6, 6.07) is 9.51. The van der Waals surface area contributed by atoms with Crippen LogP contribution < -0.4 is 5.32 Å². The lowest BCUT2D eigenvalue weighted by atomic mass is 10.1. The molecule has 1 aliphatic heterocycles. The van der Waals surface area contributed by atoms with Crippen LogP contribution in [0.1, 0.15) is 35.2 Å². The number of nitrogens with zero attached hydrogens (tertiary/aromatic N) is 2. The molecule has 0 spiro atoms. The Bertz CT molecular complexity index is 634. The average Bonchev–Trinajstić information content (AvgIpc) is 3.32. The highest BCUT2D eigenvalue weighted by atomic mass is 16.5. The van der Waals surface area contributed by atoms with Gasteiger partial charge in [-0.15, -0.1) is 0 Å². The molecule has 1 saturated heterocycles. The zero-order valence-corrected chi connectivity index (χ0v) is 14.4. The Morgan fingerprint density at radius 3 is 2.96 bits per heavy atom. The summed E-state index contributed by atoms with van der Waals surface area (Å²) in [5, 5.41) is 7.10. The second-order valence-electron chi connectivity index (χ2n) is 6.22. The van der Waals surface area contributed by atoms with Crippen LogP contribution in [-0.4, -0.2) is 48.2 Å². The number of hydrogen-bond donors (Lipinski definition) is 1. The molecule has 0 bridgehead atoms. The fourth-order valence-corrected chi connectivity index (χ4v) is 2.81. The number of carbonyl (C=O) groups excluding carboxylic acids is 1. The third kappa shape index (κ3) is 5.69. The molecule has 2 aromatic rings. The maximum atomic E-state index is 12.1. The van der Waals surface area contributed by atoms with Crippen molar-refractivity contribution in [1.29, 1.82) is 0 Å². The molecule has 0 saturated carbocycles. The van der Waals surface area contributed by atoms with Crippen LogP contribution in [0.4, 0.5) is 0 Å². The van der Waals surface area contributed by atoms with Crippen molar-refractivity contribution in [1.82, 2.24) is 15.1 Å². The standard InChI is InChI=1S/C19H25N3O3/c23-19(20-9-3-12-24-15-18-4-1-13-25-18)17-7-5-16(6-8-17)14-22-11-2-10-21-22/h2,5-8,10-11,18H,1,3-4,9,12-15H2,(H,20,23). The van der Waals surface area contributed by atoms with E-state index in [-0.39, 0.29) is 12.0 Å². The first-order chi connectivity index (χ1) is 12.3. The van der Waals surface area contributed by atoms with Gasteiger partial charge in [0.1, 0.15) is 0 Å². The van der Waals surface area contributed by atoms with Crippen molar-refractivity contribution in [2.45, 2.75) is 31.9 Å². The molecule has 134 valence electrons. The maximum Gasteiger partial charge on any atom is 0.251 e. The van der Waals surface area contributed by atoms with E-state index in [0.717, 1.165) is 31.4 Å². The van der Waals surface area contributed by atoms with Gasteiger partial charge in [-0.05, 0) is 43.0 Å². The fourth-order valence-electron chi connectivity index (χ4n) is 2.81. The molecule has 6 heteroatoms. The van der Waals surface area contributed by atoms with E-state index in [9.17, 15) is 4.79 Å². The second-order valence-corrected chi connectivity index (χ2v) is 6.22. The summed E-state index contributed by atoms with van der Waals surface area (Å²) in [6.45, 7) is 3.47. The molecule has 1 aliphatic rings. The second kappa shape index (κ2) is 9.34. The van der Waals surface area contributed by atoms with Gasteiger partial charge >= 0.3 is 0 Å². The molecule has 1 N–H and O–H groups in total. The van der Waals surface area contributed by atoms with Gasteiger partial charge in [0.15, 0.2) is 0 Å². The van der Waals surface area contributed by atoms with Gasteiger partial charge in [0.25, 0.3) is 5.91 Å². The molecule has 1 aromatic heterocycles. The summed E-state index contributed by atoms with van der Waals surface area (Å²) in [5.41, 5.74) is 1.78. The molecule has 25 heavy (non-hydrogen) atoms. The van der Waals surface area contributed by atoms with Crippen molar-refractivity contribution in [3.8, 4) is 0 Å². The Hall–Kier alpha value is -2.18. The molecular weight excluding hydrogens is 318 g/mol. The van der Waals surface area contributed by atoms with E-state index in [4.69, 9.17) is 9.47 Å². The third-order valence-corrected chi connectivity index (χ3v) is 4.20. The molecule has 6 nitrogen and oxygen atoms in total. The lowest BCUT2D eigenvalue weighted by molar-refractivity contribution is 0.0166. The van der Waals surface area contributed by atoms with Gasteiger partial charge < -0.3 is 14.8 Å². The lowest BCUT2D eigenvalue weighted by Crippen LogP contribution is -2.25. The monoisotopic (exact) mass is 343 g/mol. The van der Waals surface area contributed by atoms with Crippen LogP contribution in [0.2, 0.25) is 0 Å². The minimum atomic E-state index is -0.0511. The van der Waals surface area contributed by atoms with Crippen LogP contribution in [-0.2, 0) is 16.0 Å². The third-order valence-electron chi connectivity index (χ3n) is 4.20. The van der Waals surface area contributed by atoms with E-state index in [0.29, 0.717) is 31.9 Å². The van der Waals surface area contributed by atoms with Crippen molar-refractivity contribution in [2.75, 3.05) is 26.4 Å². The summed E-state index contributed by atoms with van der Waals surface area (Å²) in [6.07, 6.45) is 6.96. The zero-order chi connectivity index (χ0) is 17.3. The molecule has 1 fully saturated rings. The van der Waals surface area contributed by atoms with E-state index in [1.807, 2.05) is 41.2 Å². The quantitative estimate of drug-likeness (QED) is 0.709. The van der Waals surface area contributed by atoms with E-state index >= 15 is 0 Å². The molecule has 2 heterocycles. The summed E-state index contributed by atoms with van der Waals surface area (Å²) in [7, 11) is 0. The number of nitrogens with one attached hydrogen (secondary N) is 1. The lowest BCUT2D eigenvalue weighted by Gasteiger charge is -2.10. The highest BCUT2D eigenvalue weighted by Gasteiger charge is 2.14. The van der Waals surface area contributed by atoms with E-state index in [1.54, 1.807) is 6.20 Å². The van der Waals surface area contributed by atoms with Gasteiger partial charge in [0.05, 0.1) is 19.3 Å². The molecular formula is C19H25N3O3. The predicted molar refractivity (Wildman–Crippen MR) is 94.5 cm³/mol. The summed E-state index contributed by atoms with van der Waals surface area (Å²) in [4.78, 5) is 12.1. The molecule has 1 aromatic carbocycles. The van der Waals surface area contributed by atoms with Crippen molar-refractivity contribution >= 4 is 5.91 Å². The number of ether oxygens (including phenoxy) is 2. The Labute approximate surface area is 148 Å². The maximum absolute atomic E-state index is 12.1.